The number of rotatable bonds is 5. The maximum Gasteiger partial charge on any atom is 0.361 e. The van der Waals surface area contributed by atoms with Gasteiger partial charge in [0.05, 0.1) is 19.3 Å². The highest BCUT2D eigenvalue weighted by atomic mass is 31.2. The van der Waals surface area contributed by atoms with Crippen LogP contribution in [-0.4, -0.2) is 19.0 Å². The first-order valence-electron chi connectivity index (χ1n) is 3.64. The summed E-state index contributed by atoms with van der Waals surface area (Å²) in [5, 5.41) is 8.42. The van der Waals surface area contributed by atoms with Gasteiger partial charge in [-0.25, -0.2) is 0 Å². The Labute approximate surface area is 72.0 Å². The van der Waals surface area contributed by atoms with E-state index in [2.05, 4.69) is 0 Å². The quantitative estimate of drug-likeness (QED) is 0.658. The van der Waals surface area contributed by atoms with E-state index in [0.29, 0.717) is 0 Å². The second kappa shape index (κ2) is 5.28. The molecule has 0 saturated heterocycles. The van der Waals surface area contributed by atoms with Crippen molar-refractivity contribution in [3.05, 3.63) is 0 Å². The average Bonchev–Trinajstić information content (AvgIpc) is 2.04. The van der Waals surface area contributed by atoms with E-state index in [1.165, 1.54) is 0 Å². The minimum absolute atomic E-state index is 0.215. The van der Waals surface area contributed by atoms with Crippen LogP contribution in [0.15, 0.2) is 0 Å². The van der Waals surface area contributed by atoms with Gasteiger partial charge in [-0.2, -0.15) is 5.26 Å². The lowest BCUT2D eigenvalue weighted by Gasteiger charge is -2.17. The molecule has 0 aliphatic rings. The van der Waals surface area contributed by atoms with Crippen molar-refractivity contribution in [2.45, 2.75) is 19.6 Å². The molecular weight excluding hydrogens is 179 g/mol. The topological polar surface area (TPSA) is 85.3 Å². The third kappa shape index (κ3) is 2.92. The van der Waals surface area contributed by atoms with Gasteiger partial charge >= 0.3 is 7.60 Å². The van der Waals surface area contributed by atoms with Crippen LogP contribution in [0.5, 0.6) is 0 Å². The SMILES string of the molecule is CCOP(=O)(OCC)C(N)C#N. The van der Waals surface area contributed by atoms with Gasteiger partial charge in [0.2, 0.25) is 0 Å². The fraction of sp³-hybridized carbons (Fsp3) is 0.833. The van der Waals surface area contributed by atoms with E-state index in [9.17, 15) is 4.57 Å². The summed E-state index contributed by atoms with van der Waals surface area (Å²) in [5.41, 5.74) is 5.25. The van der Waals surface area contributed by atoms with E-state index < -0.39 is 13.4 Å². The van der Waals surface area contributed by atoms with Crippen LogP contribution < -0.4 is 5.73 Å². The predicted molar refractivity (Wildman–Crippen MR) is 44.4 cm³/mol. The van der Waals surface area contributed by atoms with Gasteiger partial charge in [-0.15, -0.1) is 0 Å². The zero-order valence-electron chi connectivity index (χ0n) is 7.19. The van der Waals surface area contributed by atoms with Crippen LogP contribution in [0.4, 0.5) is 0 Å². The van der Waals surface area contributed by atoms with Gasteiger partial charge in [0.25, 0.3) is 0 Å². The molecule has 0 radical (unpaired) electrons. The van der Waals surface area contributed by atoms with E-state index in [-0.39, 0.29) is 13.2 Å². The Morgan fingerprint density at radius 2 is 1.92 bits per heavy atom. The number of nitriles is 1. The van der Waals surface area contributed by atoms with Crippen molar-refractivity contribution >= 4 is 7.60 Å². The molecule has 1 unspecified atom stereocenters. The van der Waals surface area contributed by atoms with E-state index >= 15 is 0 Å². The molecule has 0 aromatic heterocycles. The molecule has 0 heterocycles. The van der Waals surface area contributed by atoms with Crippen molar-refractivity contribution < 1.29 is 13.6 Å². The molecule has 12 heavy (non-hydrogen) atoms. The Morgan fingerprint density at radius 1 is 1.50 bits per heavy atom. The summed E-state index contributed by atoms with van der Waals surface area (Å²) in [4.78, 5) is 0. The number of hydrogen-bond acceptors (Lipinski definition) is 5. The van der Waals surface area contributed by atoms with Gasteiger partial charge in [0.1, 0.15) is 0 Å². The first-order chi connectivity index (χ1) is 5.60. The fourth-order valence-electron chi connectivity index (χ4n) is 0.628. The average molecular weight is 192 g/mol. The summed E-state index contributed by atoms with van der Waals surface area (Å²) in [5.74, 6) is -1.20. The maximum atomic E-state index is 11.6. The summed E-state index contributed by atoms with van der Waals surface area (Å²) in [6, 6.07) is 1.64. The second-order valence-electron chi connectivity index (χ2n) is 1.95. The Kier molecular flexibility index (Phi) is 5.11. The minimum atomic E-state index is -3.39. The summed E-state index contributed by atoms with van der Waals surface area (Å²) >= 11 is 0. The molecule has 6 heteroatoms. The Balaban J connectivity index is 4.40. The van der Waals surface area contributed by atoms with Gasteiger partial charge in [0.15, 0.2) is 5.78 Å². The zero-order chi connectivity index (χ0) is 9.61. The second-order valence-corrected chi connectivity index (χ2v) is 4.10. The van der Waals surface area contributed by atoms with Gasteiger partial charge in [-0.1, -0.05) is 0 Å². The van der Waals surface area contributed by atoms with E-state index in [1.54, 1.807) is 19.9 Å². The van der Waals surface area contributed by atoms with E-state index in [4.69, 9.17) is 20.0 Å². The fourth-order valence-corrected chi connectivity index (χ4v) is 1.89. The molecule has 5 nitrogen and oxygen atoms in total. The Bertz CT molecular complexity index is 203. The van der Waals surface area contributed by atoms with Crippen molar-refractivity contribution in [3.63, 3.8) is 0 Å². The molecule has 0 rings (SSSR count). The molecule has 0 fully saturated rings. The van der Waals surface area contributed by atoms with Gasteiger partial charge in [-0.05, 0) is 13.8 Å². The number of nitrogens with zero attached hydrogens (tertiary/aromatic N) is 1. The van der Waals surface area contributed by atoms with Crippen molar-refractivity contribution in [1.29, 1.82) is 5.26 Å². The molecule has 0 spiro atoms. The summed E-state index contributed by atoms with van der Waals surface area (Å²) in [6.07, 6.45) is 0. The lowest BCUT2D eigenvalue weighted by Crippen LogP contribution is -2.20. The monoisotopic (exact) mass is 192 g/mol. The lowest BCUT2D eigenvalue weighted by atomic mass is 10.8. The number of hydrogen-bond donors (Lipinski definition) is 1. The van der Waals surface area contributed by atoms with Crippen LogP contribution in [0, 0.1) is 11.3 Å². The third-order valence-electron chi connectivity index (χ3n) is 1.09. The van der Waals surface area contributed by atoms with Crippen molar-refractivity contribution in [1.82, 2.24) is 0 Å². The first kappa shape index (κ1) is 11.6. The molecule has 70 valence electrons. The van der Waals surface area contributed by atoms with Crippen molar-refractivity contribution in [3.8, 4) is 6.07 Å². The summed E-state index contributed by atoms with van der Waals surface area (Å²) in [7, 11) is -3.39. The molecule has 1 atom stereocenters. The highest BCUT2D eigenvalue weighted by molar-refractivity contribution is 7.54. The first-order valence-corrected chi connectivity index (χ1v) is 5.25. The smallest absolute Gasteiger partial charge is 0.307 e. The molecule has 0 aliphatic carbocycles. The van der Waals surface area contributed by atoms with Crippen LogP contribution in [0.25, 0.3) is 0 Å². The predicted octanol–water partition coefficient (Wildman–Crippen LogP) is 1.06. The third-order valence-corrected chi connectivity index (χ3v) is 3.12. The zero-order valence-corrected chi connectivity index (χ0v) is 8.08. The normalized spacial score (nSPS) is 13.8. The number of nitrogens with two attached hydrogens (primary N) is 1. The van der Waals surface area contributed by atoms with Crippen LogP contribution in [0.1, 0.15) is 13.8 Å². The molecule has 0 aromatic rings. The molecule has 0 amide bonds. The summed E-state index contributed by atoms with van der Waals surface area (Å²) < 4.78 is 21.2. The van der Waals surface area contributed by atoms with E-state index in [1.807, 2.05) is 0 Å². The lowest BCUT2D eigenvalue weighted by molar-refractivity contribution is 0.216. The Morgan fingerprint density at radius 3 is 2.17 bits per heavy atom. The molecule has 0 aromatic carbocycles. The van der Waals surface area contributed by atoms with Gasteiger partial charge < -0.3 is 14.8 Å². The van der Waals surface area contributed by atoms with Crippen LogP contribution in [0.2, 0.25) is 0 Å². The standard InChI is InChI=1S/C6H13N2O3P/c1-3-10-12(9,11-4-2)6(8)5-7/h6H,3-4,8H2,1-2H3. The minimum Gasteiger partial charge on any atom is -0.307 e. The highest BCUT2D eigenvalue weighted by Gasteiger charge is 2.32. The maximum absolute atomic E-state index is 11.6. The van der Waals surface area contributed by atoms with Crippen LogP contribution >= 0.6 is 7.60 Å². The van der Waals surface area contributed by atoms with Crippen LogP contribution in [-0.2, 0) is 13.6 Å². The molecule has 0 aliphatic heterocycles. The largest absolute Gasteiger partial charge is 0.361 e. The van der Waals surface area contributed by atoms with Gasteiger partial charge in [0, 0.05) is 0 Å². The van der Waals surface area contributed by atoms with Crippen molar-refractivity contribution in [2.24, 2.45) is 5.73 Å². The van der Waals surface area contributed by atoms with Crippen LogP contribution in [0.3, 0.4) is 0 Å². The van der Waals surface area contributed by atoms with Gasteiger partial charge in [-0.3, -0.25) is 4.57 Å². The Hall–Kier alpha value is -0.400. The molecule has 0 bridgehead atoms. The van der Waals surface area contributed by atoms with Crippen molar-refractivity contribution in [2.75, 3.05) is 13.2 Å². The molecular formula is C6H13N2O3P. The highest BCUT2D eigenvalue weighted by Crippen LogP contribution is 2.50. The molecule has 2 N–H and O–H groups in total. The molecule has 0 saturated carbocycles. The summed E-state index contributed by atoms with van der Waals surface area (Å²) in [6.45, 7) is 3.75. The van der Waals surface area contributed by atoms with E-state index in [0.717, 1.165) is 0 Å².